The molecule has 6 nitrogen and oxygen atoms in total. The summed E-state index contributed by atoms with van der Waals surface area (Å²) in [5.74, 6) is -0.101. The molecule has 0 radical (unpaired) electrons. The van der Waals surface area contributed by atoms with Crippen molar-refractivity contribution in [3.63, 3.8) is 0 Å². The molecule has 0 unspecified atom stereocenters. The van der Waals surface area contributed by atoms with Crippen LogP contribution in [0.2, 0.25) is 0 Å². The standard InChI is InChI=1S/C15H15N3O3/c19-14(12-2-1-4-16-10-12)17-5-7-18(8-6-17)15(20)13-3-9-21-11-13/h1-4,9-11H,5-8H2. The first-order valence-electron chi connectivity index (χ1n) is 6.76. The van der Waals surface area contributed by atoms with Crippen molar-refractivity contribution >= 4 is 11.8 Å². The van der Waals surface area contributed by atoms with Crippen molar-refractivity contribution in [3.05, 3.63) is 54.2 Å². The van der Waals surface area contributed by atoms with E-state index in [4.69, 9.17) is 4.42 Å². The minimum absolute atomic E-state index is 0.0430. The van der Waals surface area contributed by atoms with Gasteiger partial charge in [0.05, 0.1) is 17.4 Å². The largest absolute Gasteiger partial charge is 0.472 e. The van der Waals surface area contributed by atoms with Gasteiger partial charge in [-0.05, 0) is 18.2 Å². The molecule has 21 heavy (non-hydrogen) atoms. The number of carbonyl (C=O) groups is 2. The van der Waals surface area contributed by atoms with Gasteiger partial charge in [-0.1, -0.05) is 0 Å². The van der Waals surface area contributed by atoms with Gasteiger partial charge in [-0.2, -0.15) is 0 Å². The molecule has 0 bridgehead atoms. The van der Waals surface area contributed by atoms with Gasteiger partial charge in [0, 0.05) is 38.6 Å². The van der Waals surface area contributed by atoms with Crippen LogP contribution in [0.1, 0.15) is 20.7 Å². The Morgan fingerprint density at radius 1 is 1.00 bits per heavy atom. The Balaban J connectivity index is 1.60. The summed E-state index contributed by atoms with van der Waals surface area (Å²) >= 11 is 0. The molecule has 6 heteroatoms. The number of amides is 2. The van der Waals surface area contributed by atoms with Crippen molar-refractivity contribution < 1.29 is 14.0 Å². The zero-order valence-corrected chi connectivity index (χ0v) is 11.4. The Hall–Kier alpha value is -2.63. The molecule has 3 rings (SSSR count). The van der Waals surface area contributed by atoms with Gasteiger partial charge >= 0.3 is 0 Å². The molecule has 108 valence electrons. The van der Waals surface area contributed by atoms with Crippen molar-refractivity contribution in [2.45, 2.75) is 0 Å². The first kappa shape index (κ1) is 13.4. The number of aromatic nitrogens is 1. The predicted molar refractivity (Wildman–Crippen MR) is 74.8 cm³/mol. The molecule has 3 heterocycles. The topological polar surface area (TPSA) is 66.7 Å². The number of furan rings is 1. The lowest BCUT2D eigenvalue weighted by Crippen LogP contribution is -2.50. The van der Waals surface area contributed by atoms with Crippen LogP contribution in [0.3, 0.4) is 0 Å². The Kier molecular flexibility index (Phi) is 3.68. The molecule has 1 saturated heterocycles. The van der Waals surface area contributed by atoms with E-state index in [1.807, 2.05) is 0 Å². The van der Waals surface area contributed by atoms with Gasteiger partial charge in [-0.15, -0.1) is 0 Å². The lowest BCUT2D eigenvalue weighted by Gasteiger charge is -2.34. The predicted octanol–water partition coefficient (Wildman–Crippen LogP) is 1.27. The molecule has 0 N–H and O–H groups in total. The number of nitrogens with zero attached hydrogens (tertiary/aromatic N) is 3. The van der Waals surface area contributed by atoms with Gasteiger partial charge in [0.15, 0.2) is 0 Å². The number of piperazine rings is 1. The maximum absolute atomic E-state index is 12.3. The summed E-state index contributed by atoms with van der Waals surface area (Å²) < 4.78 is 4.92. The van der Waals surface area contributed by atoms with Crippen molar-refractivity contribution in [3.8, 4) is 0 Å². The third-order valence-electron chi connectivity index (χ3n) is 3.53. The molecule has 1 aliphatic rings. The maximum atomic E-state index is 12.3. The van der Waals surface area contributed by atoms with Gasteiger partial charge in [0.25, 0.3) is 11.8 Å². The number of carbonyl (C=O) groups excluding carboxylic acids is 2. The zero-order valence-electron chi connectivity index (χ0n) is 11.4. The van der Waals surface area contributed by atoms with Crippen LogP contribution >= 0.6 is 0 Å². The van der Waals surface area contributed by atoms with E-state index in [9.17, 15) is 9.59 Å². The highest BCUT2D eigenvalue weighted by atomic mass is 16.3. The lowest BCUT2D eigenvalue weighted by atomic mass is 10.2. The fourth-order valence-electron chi connectivity index (χ4n) is 2.35. The van der Waals surface area contributed by atoms with Gasteiger partial charge < -0.3 is 14.2 Å². The summed E-state index contributed by atoms with van der Waals surface area (Å²) in [4.78, 5) is 31.9. The van der Waals surface area contributed by atoms with Crippen molar-refractivity contribution in [2.75, 3.05) is 26.2 Å². The van der Waals surface area contributed by atoms with Crippen LogP contribution in [0.5, 0.6) is 0 Å². The molecule has 2 amide bonds. The highest BCUT2D eigenvalue weighted by molar-refractivity contribution is 5.95. The highest BCUT2D eigenvalue weighted by Crippen LogP contribution is 2.11. The monoisotopic (exact) mass is 285 g/mol. The first-order chi connectivity index (χ1) is 10.3. The van der Waals surface area contributed by atoms with Gasteiger partial charge in [0.1, 0.15) is 6.26 Å². The van der Waals surface area contributed by atoms with Crippen LogP contribution < -0.4 is 0 Å². The van der Waals surface area contributed by atoms with E-state index < -0.39 is 0 Å². The van der Waals surface area contributed by atoms with Crippen LogP contribution in [0, 0.1) is 0 Å². The molecule has 1 aliphatic heterocycles. The Morgan fingerprint density at radius 2 is 1.67 bits per heavy atom. The quantitative estimate of drug-likeness (QED) is 0.833. The van der Waals surface area contributed by atoms with Crippen molar-refractivity contribution in [1.82, 2.24) is 14.8 Å². The van der Waals surface area contributed by atoms with Gasteiger partial charge in [0.2, 0.25) is 0 Å². The molecular formula is C15H15N3O3. The van der Waals surface area contributed by atoms with Crippen molar-refractivity contribution in [2.24, 2.45) is 0 Å². The van der Waals surface area contributed by atoms with E-state index in [0.717, 1.165) is 0 Å². The zero-order chi connectivity index (χ0) is 14.7. The van der Waals surface area contributed by atoms with Crippen LogP contribution in [0.4, 0.5) is 0 Å². The third-order valence-corrected chi connectivity index (χ3v) is 3.53. The lowest BCUT2D eigenvalue weighted by molar-refractivity contribution is 0.0535. The first-order valence-corrected chi connectivity index (χ1v) is 6.76. The average Bonchev–Trinajstić information content (AvgIpc) is 3.09. The summed E-state index contributed by atoms with van der Waals surface area (Å²) in [7, 11) is 0. The number of hydrogen-bond acceptors (Lipinski definition) is 4. The molecule has 2 aromatic rings. The molecule has 0 aliphatic carbocycles. The third kappa shape index (κ3) is 2.79. The summed E-state index contributed by atoms with van der Waals surface area (Å²) in [6, 6.07) is 5.14. The van der Waals surface area contributed by atoms with E-state index >= 15 is 0 Å². The van der Waals surface area contributed by atoms with Gasteiger partial charge in [-0.3, -0.25) is 14.6 Å². The minimum atomic E-state index is -0.0581. The molecule has 0 atom stereocenters. The van der Waals surface area contributed by atoms with E-state index in [0.29, 0.717) is 37.3 Å². The van der Waals surface area contributed by atoms with E-state index in [1.165, 1.54) is 12.5 Å². The molecule has 0 aromatic carbocycles. The number of pyridine rings is 1. The van der Waals surface area contributed by atoms with Crippen LogP contribution in [-0.2, 0) is 0 Å². The fraction of sp³-hybridized carbons (Fsp3) is 0.267. The van der Waals surface area contributed by atoms with E-state index in [1.54, 1.807) is 40.4 Å². The second-order valence-electron chi connectivity index (χ2n) is 4.84. The van der Waals surface area contributed by atoms with Crippen molar-refractivity contribution in [1.29, 1.82) is 0 Å². The number of rotatable bonds is 2. The van der Waals surface area contributed by atoms with E-state index in [-0.39, 0.29) is 11.8 Å². The summed E-state index contributed by atoms with van der Waals surface area (Å²) in [5, 5.41) is 0. The average molecular weight is 285 g/mol. The molecule has 0 saturated carbocycles. The Labute approximate surface area is 122 Å². The Bertz CT molecular complexity index is 617. The summed E-state index contributed by atoms with van der Waals surface area (Å²) in [6.07, 6.45) is 6.12. The molecule has 1 fully saturated rings. The number of hydrogen-bond donors (Lipinski definition) is 0. The van der Waals surface area contributed by atoms with Crippen LogP contribution in [0.25, 0.3) is 0 Å². The maximum Gasteiger partial charge on any atom is 0.257 e. The SMILES string of the molecule is O=C(c1cccnc1)N1CCN(C(=O)c2ccoc2)CC1. The van der Waals surface area contributed by atoms with Gasteiger partial charge in [-0.25, -0.2) is 0 Å². The Morgan fingerprint density at radius 3 is 2.19 bits per heavy atom. The normalized spacial score (nSPS) is 15.0. The van der Waals surface area contributed by atoms with Crippen LogP contribution in [0.15, 0.2) is 47.5 Å². The summed E-state index contributed by atoms with van der Waals surface area (Å²) in [6.45, 7) is 2.10. The molecule has 0 spiro atoms. The smallest absolute Gasteiger partial charge is 0.257 e. The van der Waals surface area contributed by atoms with Crippen LogP contribution in [-0.4, -0.2) is 52.8 Å². The van der Waals surface area contributed by atoms with E-state index in [2.05, 4.69) is 4.98 Å². The minimum Gasteiger partial charge on any atom is -0.472 e. The second kappa shape index (κ2) is 5.78. The second-order valence-corrected chi connectivity index (χ2v) is 4.84. The summed E-state index contributed by atoms with van der Waals surface area (Å²) in [5.41, 5.74) is 1.12. The molecular weight excluding hydrogens is 270 g/mol. The molecule has 2 aromatic heterocycles. The highest BCUT2D eigenvalue weighted by Gasteiger charge is 2.25. The fourth-order valence-corrected chi connectivity index (χ4v) is 2.35.